The van der Waals surface area contributed by atoms with Crippen LogP contribution in [-0.2, 0) is 15.9 Å². The van der Waals surface area contributed by atoms with Crippen molar-refractivity contribution in [2.45, 2.75) is 45.8 Å². The van der Waals surface area contributed by atoms with E-state index >= 15 is 0 Å². The van der Waals surface area contributed by atoms with Crippen LogP contribution in [0.15, 0.2) is 0 Å². The van der Waals surface area contributed by atoms with Gasteiger partial charge in [-0.05, 0) is 26.7 Å². The number of rotatable bonds is 7. The average molecular weight is 456 g/mol. The van der Waals surface area contributed by atoms with Crippen LogP contribution >= 0.6 is 22.9 Å². The van der Waals surface area contributed by atoms with Gasteiger partial charge in [0, 0.05) is 25.1 Å². The number of thiazole rings is 1. The summed E-state index contributed by atoms with van der Waals surface area (Å²) in [6.07, 6.45) is 1.08. The third kappa shape index (κ3) is 4.76. The Bertz CT molecular complexity index is 915. The number of aromatic amines is 1. The zero-order valence-electron chi connectivity index (χ0n) is 17.5. The number of nitrogens with zero attached hydrogens (tertiary/aromatic N) is 3. The number of anilines is 1. The molecule has 2 aromatic rings. The first kappa shape index (κ1) is 22.5. The number of methoxy groups -OCH3 is 1. The van der Waals surface area contributed by atoms with Crippen LogP contribution in [0.1, 0.15) is 51.9 Å². The van der Waals surface area contributed by atoms with E-state index < -0.39 is 5.97 Å². The van der Waals surface area contributed by atoms with Crippen molar-refractivity contribution in [3.63, 3.8) is 0 Å². The molecule has 1 saturated heterocycles. The molecule has 3 rings (SSSR count). The van der Waals surface area contributed by atoms with Crippen LogP contribution in [0, 0.1) is 6.92 Å². The van der Waals surface area contributed by atoms with Gasteiger partial charge in [0.15, 0.2) is 21.8 Å². The molecule has 0 bridgehead atoms. The smallest absolute Gasteiger partial charge is 0.358 e. The van der Waals surface area contributed by atoms with E-state index in [1.54, 1.807) is 14.0 Å². The number of carbonyl (C=O) groups excluding carboxylic acids is 2. The Morgan fingerprint density at radius 1 is 1.37 bits per heavy atom. The van der Waals surface area contributed by atoms with E-state index in [1.165, 1.54) is 11.3 Å². The third-order valence-corrected chi connectivity index (χ3v) is 6.34. The maximum atomic E-state index is 12.6. The summed E-state index contributed by atoms with van der Waals surface area (Å²) in [6, 6.07) is -0.182. The molecule has 1 aliphatic heterocycles. The summed E-state index contributed by atoms with van der Waals surface area (Å²) in [4.78, 5) is 39.1. The van der Waals surface area contributed by atoms with E-state index in [4.69, 9.17) is 21.1 Å². The molecule has 30 heavy (non-hydrogen) atoms. The standard InChI is InChI=1S/C19H26ClN5O4S/c1-5-11-15(20)24-16(21-11)17(26)22-12-7-8-25(9-13(12)28-4)19-23-14(10(3)30-19)18(27)29-6-2/h12-13H,5-9H2,1-4H3,(H,21,24)(H,22,26)/t12-,13+/m1/s1. The maximum absolute atomic E-state index is 12.6. The van der Waals surface area contributed by atoms with Crippen LogP contribution in [-0.4, -0.2) is 65.8 Å². The fourth-order valence-electron chi connectivity index (χ4n) is 3.37. The van der Waals surface area contributed by atoms with Gasteiger partial charge in [0.2, 0.25) is 0 Å². The van der Waals surface area contributed by atoms with Crippen LogP contribution in [0.2, 0.25) is 5.15 Å². The highest BCUT2D eigenvalue weighted by atomic mass is 35.5. The van der Waals surface area contributed by atoms with Gasteiger partial charge in [-0.1, -0.05) is 18.5 Å². The zero-order chi connectivity index (χ0) is 21.8. The molecule has 0 saturated carbocycles. The summed E-state index contributed by atoms with van der Waals surface area (Å²) in [5, 5.41) is 4.05. The average Bonchev–Trinajstić information content (AvgIpc) is 3.31. The zero-order valence-corrected chi connectivity index (χ0v) is 19.0. The van der Waals surface area contributed by atoms with Crippen molar-refractivity contribution in [1.29, 1.82) is 0 Å². The van der Waals surface area contributed by atoms with Gasteiger partial charge in [-0.3, -0.25) is 4.79 Å². The molecule has 9 nitrogen and oxygen atoms in total. The summed E-state index contributed by atoms with van der Waals surface area (Å²) in [5.41, 5.74) is 1.08. The molecule has 2 N–H and O–H groups in total. The Morgan fingerprint density at radius 2 is 2.13 bits per heavy atom. The van der Waals surface area contributed by atoms with Crippen molar-refractivity contribution in [2.75, 3.05) is 31.7 Å². The molecule has 1 aliphatic rings. The Kier molecular flexibility index (Phi) is 7.32. The van der Waals surface area contributed by atoms with Crippen molar-refractivity contribution in [2.24, 2.45) is 0 Å². The number of halogens is 1. The molecule has 0 radical (unpaired) electrons. The molecule has 0 unspecified atom stereocenters. The van der Waals surface area contributed by atoms with Gasteiger partial charge in [0.25, 0.3) is 5.91 Å². The Balaban J connectivity index is 1.67. The summed E-state index contributed by atoms with van der Waals surface area (Å²) in [6.45, 7) is 7.07. The maximum Gasteiger partial charge on any atom is 0.358 e. The molecule has 164 valence electrons. The fourth-order valence-corrected chi connectivity index (χ4v) is 4.56. The lowest BCUT2D eigenvalue weighted by molar-refractivity contribution is 0.0516. The van der Waals surface area contributed by atoms with E-state index in [0.29, 0.717) is 43.4 Å². The van der Waals surface area contributed by atoms with E-state index in [1.807, 2.05) is 13.8 Å². The van der Waals surface area contributed by atoms with Crippen LogP contribution in [0.25, 0.3) is 0 Å². The Hall–Kier alpha value is -2.17. The van der Waals surface area contributed by atoms with Crippen LogP contribution < -0.4 is 10.2 Å². The number of amides is 1. The minimum atomic E-state index is -0.411. The first-order valence-corrected chi connectivity index (χ1v) is 11.0. The van der Waals surface area contributed by atoms with Crippen molar-refractivity contribution in [3.8, 4) is 0 Å². The number of hydrogen-bond acceptors (Lipinski definition) is 8. The molecule has 11 heteroatoms. The van der Waals surface area contributed by atoms with Crippen molar-refractivity contribution in [3.05, 3.63) is 27.2 Å². The lowest BCUT2D eigenvalue weighted by atomic mass is 10.0. The molecular weight excluding hydrogens is 430 g/mol. The number of piperidine rings is 1. The van der Waals surface area contributed by atoms with Gasteiger partial charge in [0.05, 0.1) is 24.4 Å². The first-order valence-electron chi connectivity index (χ1n) is 9.85. The van der Waals surface area contributed by atoms with Crippen LogP contribution in [0.3, 0.4) is 0 Å². The quantitative estimate of drug-likeness (QED) is 0.617. The number of carbonyl (C=O) groups is 2. The van der Waals surface area contributed by atoms with Crippen LogP contribution in [0.5, 0.6) is 0 Å². The van der Waals surface area contributed by atoms with Crippen molar-refractivity contribution >= 4 is 39.9 Å². The molecule has 2 atom stereocenters. The second-order valence-corrected chi connectivity index (χ2v) is 8.46. The molecule has 0 aromatic carbocycles. The number of hydrogen-bond donors (Lipinski definition) is 2. The number of aryl methyl sites for hydroxylation is 2. The van der Waals surface area contributed by atoms with E-state index in [0.717, 1.165) is 15.7 Å². The molecule has 0 spiro atoms. The summed E-state index contributed by atoms with van der Waals surface area (Å²) < 4.78 is 10.7. The highest BCUT2D eigenvalue weighted by Gasteiger charge is 2.33. The minimum Gasteiger partial charge on any atom is -0.461 e. The third-order valence-electron chi connectivity index (χ3n) is 5.00. The molecule has 1 fully saturated rings. The second kappa shape index (κ2) is 9.76. The Morgan fingerprint density at radius 3 is 2.77 bits per heavy atom. The number of nitrogens with one attached hydrogen (secondary N) is 2. The number of ether oxygens (including phenoxy) is 2. The molecular formula is C19H26ClN5O4S. The van der Waals surface area contributed by atoms with Crippen molar-refractivity contribution in [1.82, 2.24) is 20.3 Å². The molecule has 3 heterocycles. The second-order valence-electron chi connectivity index (χ2n) is 6.92. The van der Waals surface area contributed by atoms with E-state index in [2.05, 4.69) is 25.2 Å². The largest absolute Gasteiger partial charge is 0.461 e. The minimum absolute atomic E-state index is 0.182. The predicted molar refractivity (Wildman–Crippen MR) is 115 cm³/mol. The fraction of sp³-hybridized carbons (Fsp3) is 0.579. The van der Waals surface area contributed by atoms with Gasteiger partial charge >= 0.3 is 5.97 Å². The van der Waals surface area contributed by atoms with Gasteiger partial charge in [0.1, 0.15) is 0 Å². The lowest BCUT2D eigenvalue weighted by Crippen LogP contribution is -2.55. The Labute approximate surface area is 184 Å². The number of imidazole rings is 1. The molecule has 0 aliphatic carbocycles. The predicted octanol–water partition coefficient (Wildman–Crippen LogP) is 2.59. The van der Waals surface area contributed by atoms with Crippen molar-refractivity contribution < 1.29 is 19.1 Å². The van der Waals surface area contributed by atoms with E-state index in [9.17, 15) is 9.59 Å². The van der Waals surface area contributed by atoms with Gasteiger partial charge in [-0.25, -0.2) is 14.8 Å². The van der Waals surface area contributed by atoms with E-state index in [-0.39, 0.29) is 23.9 Å². The normalized spacial score (nSPS) is 19.0. The summed E-state index contributed by atoms with van der Waals surface area (Å²) in [5.74, 6) is -0.526. The first-order chi connectivity index (χ1) is 14.4. The topological polar surface area (TPSA) is 109 Å². The summed E-state index contributed by atoms with van der Waals surface area (Å²) >= 11 is 7.49. The number of aromatic nitrogens is 3. The van der Waals surface area contributed by atoms with Gasteiger partial charge in [-0.2, -0.15) is 0 Å². The monoisotopic (exact) mass is 455 g/mol. The summed E-state index contributed by atoms with van der Waals surface area (Å²) in [7, 11) is 1.61. The number of H-pyrrole nitrogens is 1. The number of esters is 1. The van der Waals surface area contributed by atoms with Gasteiger partial charge in [-0.15, -0.1) is 11.3 Å². The molecule has 1 amide bonds. The highest BCUT2D eigenvalue weighted by molar-refractivity contribution is 7.15. The SMILES string of the molecule is CCOC(=O)c1nc(N2CC[C@@H](NC(=O)c3nc(Cl)c(CC)[nH]3)[C@@H](OC)C2)sc1C. The lowest BCUT2D eigenvalue weighted by Gasteiger charge is -2.37. The van der Waals surface area contributed by atoms with Crippen LogP contribution in [0.4, 0.5) is 5.13 Å². The highest BCUT2D eigenvalue weighted by Crippen LogP contribution is 2.29. The van der Waals surface area contributed by atoms with Gasteiger partial charge < -0.3 is 24.7 Å². The molecule has 2 aromatic heterocycles.